The lowest BCUT2D eigenvalue weighted by Crippen LogP contribution is -2.11. The number of hydrogen-bond donors (Lipinski definition) is 1. The van der Waals surface area contributed by atoms with Crippen LogP contribution in [-0.2, 0) is 9.47 Å². The first-order chi connectivity index (χ1) is 8.16. The standard InChI is InChI=1S/C13H19NO3/c1-10-6-5-7-11(14)12(10)13(15)17-9-4-3-8-16-2/h5-7H,3-4,8-9,14H2,1-2H3. The van der Waals surface area contributed by atoms with Crippen LogP contribution < -0.4 is 5.73 Å². The molecule has 0 spiro atoms. The van der Waals surface area contributed by atoms with Crippen molar-refractivity contribution in [1.29, 1.82) is 0 Å². The Morgan fingerprint density at radius 3 is 2.65 bits per heavy atom. The molecule has 4 heteroatoms. The minimum atomic E-state index is -0.349. The second-order valence-electron chi connectivity index (χ2n) is 3.87. The van der Waals surface area contributed by atoms with Gasteiger partial charge in [-0.3, -0.25) is 0 Å². The highest BCUT2D eigenvalue weighted by Crippen LogP contribution is 2.17. The molecule has 0 saturated carbocycles. The monoisotopic (exact) mass is 237 g/mol. The van der Waals surface area contributed by atoms with Crippen molar-refractivity contribution < 1.29 is 14.3 Å². The molecule has 0 aromatic heterocycles. The molecule has 0 radical (unpaired) electrons. The second kappa shape index (κ2) is 6.91. The van der Waals surface area contributed by atoms with Crippen LogP contribution in [-0.4, -0.2) is 26.3 Å². The molecule has 0 aliphatic carbocycles. The number of carbonyl (C=O) groups excluding carboxylic acids is 1. The number of esters is 1. The number of methoxy groups -OCH3 is 1. The van der Waals surface area contributed by atoms with Gasteiger partial charge in [0.25, 0.3) is 0 Å². The zero-order valence-electron chi connectivity index (χ0n) is 10.4. The van der Waals surface area contributed by atoms with Crippen molar-refractivity contribution in [3.63, 3.8) is 0 Å². The summed E-state index contributed by atoms with van der Waals surface area (Å²) in [4.78, 5) is 11.8. The van der Waals surface area contributed by atoms with Crippen LogP contribution in [0, 0.1) is 6.92 Å². The van der Waals surface area contributed by atoms with Gasteiger partial charge in [-0.15, -0.1) is 0 Å². The summed E-state index contributed by atoms with van der Waals surface area (Å²) in [5.41, 5.74) is 7.53. The van der Waals surface area contributed by atoms with Gasteiger partial charge in [0.1, 0.15) is 0 Å². The molecule has 0 atom stereocenters. The number of carbonyl (C=O) groups is 1. The number of aryl methyl sites for hydroxylation is 1. The Hall–Kier alpha value is -1.55. The number of nitrogens with two attached hydrogens (primary N) is 1. The highest BCUT2D eigenvalue weighted by atomic mass is 16.5. The predicted molar refractivity (Wildman–Crippen MR) is 67.0 cm³/mol. The van der Waals surface area contributed by atoms with Crippen LogP contribution in [0.25, 0.3) is 0 Å². The van der Waals surface area contributed by atoms with E-state index in [0.29, 0.717) is 24.5 Å². The van der Waals surface area contributed by atoms with Crippen LogP contribution in [0.5, 0.6) is 0 Å². The molecule has 0 saturated heterocycles. The van der Waals surface area contributed by atoms with Gasteiger partial charge in [0.2, 0.25) is 0 Å². The number of hydrogen-bond acceptors (Lipinski definition) is 4. The number of anilines is 1. The lowest BCUT2D eigenvalue weighted by atomic mass is 10.1. The molecule has 0 amide bonds. The maximum Gasteiger partial charge on any atom is 0.340 e. The summed E-state index contributed by atoms with van der Waals surface area (Å²) in [6.07, 6.45) is 1.68. The zero-order chi connectivity index (χ0) is 12.7. The summed E-state index contributed by atoms with van der Waals surface area (Å²) >= 11 is 0. The van der Waals surface area contributed by atoms with E-state index in [1.54, 1.807) is 13.2 Å². The fraction of sp³-hybridized carbons (Fsp3) is 0.462. The third-order valence-corrected chi connectivity index (χ3v) is 2.49. The van der Waals surface area contributed by atoms with E-state index in [0.717, 1.165) is 18.4 Å². The molecule has 1 rings (SSSR count). The van der Waals surface area contributed by atoms with Crippen LogP contribution in [0.1, 0.15) is 28.8 Å². The van der Waals surface area contributed by atoms with Gasteiger partial charge in [0.15, 0.2) is 0 Å². The molecule has 0 heterocycles. The van der Waals surface area contributed by atoms with Crippen molar-refractivity contribution in [3.05, 3.63) is 29.3 Å². The van der Waals surface area contributed by atoms with E-state index in [4.69, 9.17) is 15.2 Å². The average molecular weight is 237 g/mol. The molecule has 0 unspecified atom stereocenters. The van der Waals surface area contributed by atoms with Crippen molar-refractivity contribution >= 4 is 11.7 Å². The van der Waals surface area contributed by atoms with Crippen molar-refractivity contribution in [2.75, 3.05) is 26.1 Å². The first-order valence-corrected chi connectivity index (χ1v) is 5.68. The summed E-state index contributed by atoms with van der Waals surface area (Å²) in [5.74, 6) is -0.349. The quantitative estimate of drug-likeness (QED) is 0.468. The molecule has 94 valence electrons. The van der Waals surface area contributed by atoms with Crippen LogP contribution in [0.4, 0.5) is 5.69 Å². The highest BCUT2D eigenvalue weighted by molar-refractivity contribution is 5.96. The lowest BCUT2D eigenvalue weighted by Gasteiger charge is -2.09. The first-order valence-electron chi connectivity index (χ1n) is 5.68. The second-order valence-corrected chi connectivity index (χ2v) is 3.87. The van der Waals surface area contributed by atoms with E-state index < -0.39 is 0 Å². The number of nitrogen functional groups attached to an aromatic ring is 1. The van der Waals surface area contributed by atoms with Crippen molar-refractivity contribution in [3.8, 4) is 0 Å². The zero-order valence-corrected chi connectivity index (χ0v) is 10.4. The SMILES string of the molecule is COCCCCOC(=O)c1c(C)cccc1N. The molecule has 0 aliphatic rings. The molecule has 17 heavy (non-hydrogen) atoms. The smallest absolute Gasteiger partial charge is 0.340 e. The maximum absolute atomic E-state index is 11.8. The fourth-order valence-electron chi connectivity index (χ4n) is 1.55. The Labute approximate surface area is 102 Å². The molecule has 0 fully saturated rings. The van der Waals surface area contributed by atoms with Gasteiger partial charge in [0.05, 0.1) is 12.2 Å². The van der Waals surface area contributed by atoms with Crippen LogP contribution in [0.2, 0.25) is 0 Å². The minimum absolute atomic E-state index is 0.349. The predicted octanol–water partition coefficient (Wildman–Crippen LogP) is 2.16. The highest BCUT2D eigenvalue weighted by Gasteiger charge is 2.13. The van der Waals surface area contributed by atoms with Gasteiger partial charge in [-0.25, -0.2) is 4.79 Å². The lowest BCUT2D eigenvalue weighted by molar-refractivity contribution is 0.0489. The molecule has 0 bridgehead atoms. The average Bonchev–Trinajstić information content (AvgIpc) is 2.28. The molecule has 4 nitrogen and oxygen atoms in total. The van der Waals surface area contributed by atoms with Gasteiger partial charge in [-0.1, -0.05) is 12.1 Å². The van der Waals surface area contributed by atoms with E-state index in [1.165, 1.54) is 0 Å². The fourth-order valence-corrected chi connectivity index (χ4v) is 1.55. The van der Waals surface area contributed by atoms with Gasteiger partial charge in [0, 0.05) is 19.4 Å². The third-order valence-electron chi connectivity index (χ3n) is 2.49. The topological polar surface area (TPSA) is 61.5 Å². The van der Waals surface area contributed by atoms with Crippen LogP contribution in [0.15, 0.2) is 18.2 Å². The van der Waals surface area contributed by atoms with Gasteiger partial charge in [-0.05, 0) is 31.4 Å². The number of ether oxygens (including phenoxy) is 2. The summed E-state index contributed by atoms with van der Waals surface area (Å²) in [7, 11) is 1.65. The first kappa shape index (κ1) is 13.5. The Morgan fingerprint density at radius 2 is 2.00 bits per heavy atom. The normalized spacial score (nSPS) is 10.2. The molecular weight excluding hydrogens is 218 g/mol. The van der Waals surface area contributed by atoms with Gasteiger partial charge in [-0.2, -0.15) is 0 Å². The van der Waals surface area contributed by atoms with E-state index in [-0.39, 0.29) is 5.97 Å². The molecule has 0 aliphatic heterocycles. The Balaban J connectivity index is 2.47. The number of benzene rings is 1. The Bertz CT molecular complexity index is 357. The third kappa shape index (κ3) is 4.07. The minimum Gasteiger partial charge on any atom is -0.462 e. The van der Waals surface area contributed by atoms with E-state index in [1.807, 2.05) is 19.1 Å². The molecular formula is C13H19NO3. The van der Waals surface area contributed by atoms with Gasteiger partial charge < -0.3 is 15.2 Å². The van der Waals surface area contributed by atoms with Crippen molar-refractivity contribution in [1.82, 2.24) is 0 Å². The number of unbranched alkanes of at least 4 members (excludes halogenated alkanes) is 1. The van der Waals surface area contributed by atoms with Crippen molar-refractivity contribution in [2.45, 2.75) is 19.8 Å². The molecule has 2 N–H and O–H groups in total. The number of rotatable bonds is 6. The van der Waals surface area contributed by atoms with E-state index in [2.05, 4.69) is 0 Å². The Kier molecular flexibility index (Phi) is 5.49. The Morgan fingerprint density at radius 1 is 1.29 bits per heavy atom. The summed E-state index contributed by atoms with van der Waals surface area (Å²) < 4.78 is 10.1. The molecule has 1 aromatic rings. The van der Waals surface area contributed by atoms with Crippen LogP contribution in [0.3, 0.4) is 0 Å². The van der Waals surface area contributed by atoms with Crippen LogP contribution >= 0.6 is 0 Å². The van der Waals surface area contributed by atoms with E-state index in [9.17, 15) is 4.79 Å². The van der Waals surface area contributed by atoms with E-state index >= 15 is 0 Å². The summed E-state index contributed by atoms with van der Waals surface area (Å²) in [5, 5.41) is 0. The summed E-state index contributed by atoms with van der Waals surface area (Å²) in [6.45, 7) is 2.93. The van der Waals surface area contributed by atoms with Gasteiger partial charge >= 0.3 is 5.97 Å². The van der Waals surface area contributed by atoms with Crippen molar-refractivity contribution in [2.24, 2.45) is 0 Å². The summed E-state index contributed by atoms with van der Waals surface area (Å²) in [6, 6.07) is 5.37. The maximum atomic E-state index is 11.8. The molecule has 1 aromatic carbocycles. The largest absolute Gasteiger partial charge is 0.462 e.